The Balaban J connectivity index is 1.81. The fourth-order valence-electron chi connectivity index (χ4n) is 3.47. The number of halogens is 4. The van der Waals surface area contributed by atoms with Crippen LogP contribution in [0.15, 0.2) is 66.0 Å². The van der Waals surface area contributed by atoms with Gasteiger partial charge in [-0.3, -0.25) is 9.78 Å². The molecule has 3 aromatic heterocycles. The van der Waals surface area contributed by atoms with E-state index in [0.717, 1.165) is 23.4 Å². The van der Waals surface area contributed by atoms with Crippen LogP contribution in [0.1, 0.15) is 21.6 Å². The molecule has 1 aromatic carbocycles. The van der Waals surface area contributed by atoms with Crippen molar-refractivity contribution in [3.63, 3.8) is 0 Å². The summed E-state index contributed by atoms with van der Waals surface area (Å²) in [6.45, 7) is -0.159. The van der Waals surface area contributed by atoms with Crippen molar-refractivity contribution >= 4 is 49.8 Å². The number of carbonyl (C=O) groups is 1. The lowest BCUT2D eigenvalue weighted by molar-refractivity contribution is -0.141. The Bertz CT molecular complexity index is 1580. The summed E-state index contributed by atoms with van der Waals surface area (Å²) in [5.41, 5.74) is 5.41. The van der Waals surface area contributed by atoms with Crippen LogP contribution in [0.2, 0.25) is 5.02 Å². The predicted molar refractivity (Wildman–Crippen MR) is 128 cm³/mol. The first-order valence-electron chi connectivity index (χ1n) is 10.2. The molecule has 4 aromatic rings. The molecule has 0 radical (unpaired) electrons. The van der Waals surface area contributed by atoms with Crippen LogP contribution >= 0.6 is 11.6 Å². The molecule has 3 heterocycles. The second-order valence-electron chi connectivity index (χ2n) is 7.80. The van der Waals surface area contributed by atoms with Gasteiger partial charge in [0.25, 0.3) is 5.91 Å². The fourth-order valence-corrected chi connectivity index (χ4v) is 4.44. The number of aromatic nitrogens is 3. The molecule has 2 N–H and O–H groups in total. The molecule has 0 bridgehead atoms. The maximum Gasteiger partial charge on any atom is 0.433 e. The zero-order valence-corrected chi connectivity index (χ0v) is 20.1. The molecule has 0 unspecified atom stereocenters. The van der Waals surface area contributed by atoms with E-state index >= 15 is 0 Å². The summed E-state index contributed by atoms with van der Waals surface area (Å²) >= 11 is 6.02. The van der Waals surface area contributed by atoms with Crippen molar-refractivity contribution in [2.75, 3.05) is 16.9 Å². The average molecular weight is 536 g/mol. The topological polar surface area (TPSA) is 119 Å². The molecule has 4 rings (SSSR count). The highest BCUT2D eigenvalue weighted by molar-refractivity contribution is 7.90. The highest BCUT2D eigenvalue weighted by Crippen LogP contribution is 2.30. The number of fused-ring (bicyclic) bond motifs is 1. The zero-order chi connectivity index (χ0) is 26.3. The summed E-state index contributed by atoms with van der Waals surface area (Å²) in [6.07, 6.45) is -1.70. The number of nitrogen functional groups attached to an aromatic ring is 1. The van der Waals surface area contributed by atoms with Gasteiger partial charge in [-0.1, -0.05) is 23.7 Å². The van der Waals surface area contributed by atoms with Gasteiger partial charge < -0.3 is 10.6 Å². The van der Waals surface area contributed by atoms with Crippen molar-refractivity contribution in [1.29, 1.82) is 0 Å². The van der Waals surface area contributed by atoms with E-state index in [4.69, 9.17) is 17.3 Å². The molecule has 0 aliphatic rings. The Hall–Kier alpha value is -3.77. The van der Waals surface area contributed by atoms with Crippen molar-refractivity contribution in [2.24, 2.45) is 0 Å². The second kappa shape index (κ2) is 9.36. The van der Waals surface area contributed by atoms with E-state index in [2.05, 4.69) is 15.0 Å². The van der Waals surface area contributed by atoms with E-state index in [0.29, 0.717) is 22.5 Å². The molecule has 0 atom stereocenters. The third-order valence-corrected chi connectivity index (χ3v) is 6.46. The monoisotopic (exact) mass is 535 g/mol. The molecule has 186 valence electrons. The Kier molecular flexibility index (Phi) is 6.58. The number of nitrogens with zero attached hydrogens (tertiary/aromatic N) is 4. The summed E-state index contributed by atoms with van der Waals surface area (Å²) in [6, 6.07) is 11.1. The van der Waals surface area contributed by atoms with E-state index in [1.54, 1.807) is 24.3 Å². The maximum atomic E-state index is 13.5. The number of benzene rings is 1. The number of hydrogen-bond acceptors (Lipinski definition) is 7. The number of hydrogen-bond donors (Lipinski definition) is 1. The highest BCUT2D eigenvalue weighted by atomic mass is 35.5. The van der Waals surface area contributed by atoms with Crippen molar-refractivity contribution in [2.45, 2.75) is 17.7 Å². The molecule has 0 aliphatic carbocycles. The number of sulfone groups is 1. The molecule has 0 fully saturated rings. The lowest BCUT2D eigenvalue weighted by Gasteiger charge is -2.24. The lowest BCUT2D eigenvalue weighted by atomic mass is 10.1. The minimum absolute atomic E-state index is 0.0476. The average Bonchev–Trinajstić information content (AvgIpc) is 2.82. The third-order valence-electron chi connectivity index (χ3n) is 5.14. The number of nitrogens with two attached hydrogens (primary N) is 1. The van der Waals surface area contributed by atoms with E-state index in [1.165, 1.54) is 18.3 Å². The molecule has 0 saturated heterocycles. The predicted octanol–water partition coefficient (Wildman–Crippen LogP) is 4.53. The molecular formula is C23H17ClF3N5O3S. The molecule has 8 nitrogen and oxygen atoms in total. The number of pyridine rings is 3. The van der Waals surface area contributed by atoms with E-state index in [9.17, 15) is 26.4 Å². The summed E-state index contributed by atoms with van der Waals surface area (Å²) in [7, 11) is -3.87. The third kappa shape index (κ3) is 5.24. The quantitative estimate of drug-likeness (QED) is 0.399. The SMILES string of the molecule is CS(=O)(=O)c1ncccc1N(Cc1ccc2cc(Cl)c(N)nc2c1)C(=O)c1ccc(C(F)(F)F)nc1. The van der Waals surface area contributed by atoms with Gasteiger partial charge in [-0.25, -0.2) is 18.4 Å². The molecule has 13 heteroatoms. The largest absolute Gasteiger partial charge is 0.433 e. The highest BCUT2D eigenvalue weighted by Gasteiger charge is 2.33. The van der Waals surface area contributed by atoms with Crippen molar-refractivity contribution in [1.82, 2.24) is 15.0 Å². The van der Waals surface area contributed by atoms with Gasteiger partial charge in [0, 0.05) is 24.0 Å². The second-order valence-corrected chi connectivity index (χ2v) is 10.1. The maximum absolute atomic E-state index is 13.5. The number of alkyl halides is 3. The van der Waals surface area contributed by atoms with Crippen molar-refractivity contribution < 1.29 is 26.4 Å². The number of anilines is 2. The Morgan fingerprint density at radius 1 is 1.11 bits per heavy atom. The van der Waals surface area contributed by atoms with Gasteiger partial charge in [0.05, 0.1) is 28.3 Å². The Labute approximate surface area is 208 Å². The molecule has 1 amide bonds. The normalized spacial score (nSPS) is 12.0. The van der Waals surface area contributed by atoms with Crippen LogP contribution in [0.3, 0.4) is 0 Å². The summed E-state index contributed by atoms with van der Waals surface area (Å²) in [4.78, 5) is 26.1. The van der Waals surface area contributed by atoms with Crippen molar-refractivity contribution in [3.05, 3.63) is 82.8 Å². The fraction of sp³-hybridized carbons (Fsp3) is 0.130. The summed E-state index contributed by atoms with van der Waals surface area (Å²) in [5, 5.41) is 0.587. The van der Waals surface area contributed by atoms with Crippen LogP contribution in [0, 0.1) is 0 Å². The molecule has 36 heavy (non-hydrogen) atoms. The summed E-state index contributed by atoms with van der Waals surface area (Å²) in [5.74, 6) is -0.672. The van der Waals surface area contributed by atoms with Gasteiger partial charge in [-0.15, -0.1) is 0 Å². The number of amides is 1. The van der Waals surface area contributed by atoms with Crippen LogP contribution in [-0.2, 0) is 22.6 Å². The Morgan fingerprint density at radius 2 is 1.86 bits per heavy atom. The van der Waals surface area contributed by atoms with Gasteiger partial charge in [0.15, 0.2) is 14.9 Å². The minimum Gasteiger partial charge on any atom is -0.382 e. The molecule has 0 spiro atoms. The van der Waals surface area contributed by atoms with Gasteiger partial charge in [-0.2, -0.15) is 13.2 Å². The van der Waals surface area contributed by atoms with Gasteiger partial charge >= 0.3 is 6.18 Å². The first-order valence-corrected chi connectivity index (χ1v) is 12.5. The smallest absolute Gasteiger partial charge is 0.382 e. The summed E-state index contributed by atoms with van der Waals surface area (Å²) < 4.78 is 63.6. The van der Waals surface area contributed by atoms with Crippen LogP contribution in [0.5, 0.6) is 0 Å². The van der Waals surface area contributed by atoms with Gasteiger partial charge in [-0.05, 0) is 42.0 Å². The van der Waals surface area contributed by atoms with Crippen LogP contribution in [0.4, 0.5) is 24.7 Å². The minimum atomic E-state index is -4.68. The van der Waals surface area contributed by atoms with Crippen LogP contribution in [-0.4, -0.2) is 35.5 Å². The zero-order valence-electron chi connectivity index (χ0n) is 18.5. The Morgan fingerprint density at radius 3 is 2.50 bits per heavy atom. The van der Waals surface area contributed by atoms with Gasteiger partial charge in [0.1, 0.15) is 11.5 Å². The van der Waals surface area contributed by atoms with E-state index in [1.807, 2.05) is 0 Å². The van der Waals surface area contributed by atoms with Gasteiger partial charge in [0.2, 0.25) is 0 Å². The first kappa shape index (κ1) is 25.3. The first-order chi connectivity index (χ1) is 16.8. The number of carbonyl (C=O) groups excluding carboxylic acids is 1. The van der Waals surface area contributed by atoms with Crippen LogP contribution in [0.25, 0.3) is 10.9 Å². The molecular weight excluding hydrogens is 519 g/mol. The van der Waals surface area contributed by atoms with Crippen molar-refractivity contribution in [3.8, 4) is 0 Å². The van der Waals surface area contributed by atoms with E-state index < -0.39 is 27.6 Å². The molecule has 0 aliphatic heterocycles. The van der Waals surface area contributed by atoms with E-state index in [-0.39, 0.29) is 33.7 Å². The van der Waals surface area contributed by atoms with Crippen LogP contribution < -0.4 is 10.6 Å². The molecule has 0 saturated carbocycles. The number of rotatable bonds is 5. The lowest BCUT2D eigenvalue weighted by Crippen LogP contribution is -2.32. The standard InChI is InChI=1S/C23H17ClF3N5O3S/c1-36(34,35)21-18(3-2-8-29-21)32(22(33)15-6-7-19(30-11-15)23(25,26)27)12-13-4-5-14-10-16(24)20(28)31-17(14)9-13/h2-11H,12H2,1H3,(H2,28,31).